The molecule has 0 amide bonds. The van der Waals surface area contributed by atoms with Crippen LogP contribution in [0.1, 0.15) is 18.4 Å². The first-order chi connectivity index (χ1) is 9.74. The molecule has 0 radical (unpaired) electrons. The Hall–Kier alpha value is -1.55. The number of aryl methyl sites for hydroxylation is 1. The standard InChI is InChI=1S/C16H23N3O/c1-13-4-2-3-5-15(13)18-9-6-14(7-10-18)19-11-8-17-16(20)12-19/h2-5,14H,6-12H2,1H3,(H,17,20)/p+1. The van der Waals surface area contributed by atoms with Crippen molar-refractivity contribution in [2.75, 3.05) is 37.6 Å². The Kier molecular flexibility index (Phi) is 3.92. The maximum atomic E-state index is 9.63. The number of rotatable bonds is 2. The second kappa shape index (κ2) is 5.83. The zero-order chi connectivity index (χ0) is 13.9. The van der Waals surface area contributed by atoms with Crippen molar-refractivity contribution < 1.29 is 10.1 Å². The molecule has 4 nitrogen and oxygen atoms in total. The van der Waals surface area contributed by atoms with Crippen molar-refractivity contribution in [3.05, 3.63) is 29.8 Å². The van der Waals surface area contributed by atoms with Gasteiger partial charge in [0, 0.05) is 24.8 Å². The maximum absolute atomic E-state index is 9.63. The number of nitrogens with zero attached hydrogens (tertiary/aromatic N) is 2. The fourth-order valence-electron chi connectivity index (χ4n) is 3.37. The first kappa shape index (κ1) is 13.4. The van der Waals surface area contributed by atoms with Gasteiger partial charge in [0.1, 0.15) is 6.54 Å². The molecule has 0 aromatic heterocycles. The molecule has 0 saturated carbocycles. The number of aliphatic hydroxyl groups excluding tert-OH is 1. The average molecular weight is 274 g/mol. The highest BCUT2D eigenvalue weighted by atomic mass is 16.3. The molecule has 1 saturated heterocycles. The van der Waals surface area contributed by atoms with Gasteiger partial charge in [0.15, 0.2) is 6.54 Å². The Morgan fingerprint density at radius 1 is 1.15 bits per heavy atom. The molecule has 3 rings (SSSR count). The normalized spacial score (nSPS) is 21.9. The lowest BCUT2D eigenvalue weighted by Gasteiger charge is -2.39. The van der Waals surface area contributed by atoms with Crippen molar-refractivity contribution in [2.45, 2.75) is 25.8 Å². The molecule has 2 aliphatic rings. The summed E-state index contributed by atoms with van der Waals surface area (Å²) in [7, 11) is 0. The maximum Gasteiger partial charge on any atom is 0.346 e. The van der Waals surface area contributed by atoms with Crippen molar-refractivity contribution in [2.24, 2.45) is 0 Å². The summed E-state index contributed by atoms with van der Waals surface area (Å²) in [6.07, 6.45) is 2.36. The van der Waals surface area contributed by atoms with Crippen molar-refractivity contribution >= 4 is 11.6 Å². The lowest BCUT2D eigenvalue weighted by atomic mass is 10.0. The molecule has 4 heteroatoms. The van der Waals surface area contributed by atoms with Gasteiger partial charge in [-0.05, 0) is 31.4 Å². The van der Waals surface area contributed by atoms with Crippen molar-refractivity contribution in [1.82, 2.24) is 4.90 Å². The van der Waals surface area contributed by atoms with Crippen LogP contribution in [-0.4, -0.2) is 54.7 Å². The van der Waals surface area contributed by atoms with E-state index >= 15 is 0 Å². The summed E-state index contributed by atoms with van der Waals surface area (Å²) >= 11 is 0. The van der Waals surface area contributed by atoms with Gasteiger partial charge in [-0.1, -0.05) is 18.2 Å². The lowest BCUT2D eigenvalue weighted by Crippen LogP contribution is -2.80. The summed E-state index contributed by atoms with van der Waals surface area (Å²) in [5.74, 6) is 0.428. The first-order valence-corrected chi connectivity index (χ1v) is 7.57. The Bertz CT molecular complexity index is 492. The molecule has 1 aromatic rings. The number of anilines is 1. The van der Waals surface area contributed by atoms with Gasteiger partial charge in [0.05, 0.1) is 6.54 Å². The van der Waals surface area contributed by atoms with E-state index in [0.29, 0.717) is 18.5 Å². The minimum Gasteiger partial charge on any atom is -0.463 e. The van der Waals surface area contributed by atoms with Gasteiger partial charge in [-0.3, -0.25) is 4.90 Å². The van der Waals surface area contributed by atoms with Crippen LogP contribution in [0.3, 0.4) is 0 Å². The van der Waals surface area contributed by atoms with E-state index in [0.717, 1.165) is 26.2 Å². The summed E-state index contributed by atoms with van der Waals surface area (Å²) < 4.78 is 0. The molecule has 0 unspecified atom stereocenters. The smallest absolute Gasteiger partial charge is 0.346 e. The van der Waals surface area contributed by atoms with E-state index in [1.54, 1.807) is 0 Å². The highest BCUT2D eigenvalue weighted by Gasteiger charge is 2.29. The van der Waals surface area contributed by atoms with Crippen LogP contribution in [0, 0.1) is 6.92 Å². The molecule has 0 atom stereocenters. The SMILES string of the molecule is Cc1ccccc1N1CCC(N2CC[NH+]=C(O)C2)CC1. The molecule has 0 bridgehead atoms. The Morgan fingerprint density at radius 2 is 1.90 bits per heavy atom. The van der Waals surface area contributed by atoms with E-state index in [2.05, 4.69) is 46.0 Å². The number of benzene rings is 1. The fourth-order valence-corrected chi connectivity index (χ4v) is 3.37. The number of nitrogens with one attached hydrogen (secondary N) is 1. The van der Waals surface area contributed by atoms with Gasteiger partial charge in [0.25, 0.3) is 0 Å². The van der Waals surface area contributed by atoms with Gasteiger partial charge in [0.2, 0.25) is 0 Å². The second-order valence-electron chi connectivity index (χ2n) is 5.85. The van der Waals surface area contributed by atoms with Crippen LogP contribution in [0.25, 0.3) is 0 Å². The second-order valence-corrected chi connectivity index (χ2v) is 5.85. The molecule has 0 aliphatic carbocycles. The number of hydrogen-bond donors (Lipinski definition) is 2. The van der Waals surface area contributed by atoms with Gasteiger partial charge < -0.3 is 10.0 Å². The molecule has 2 heterocycles. The molecule has 108 valence electrons. The monoisotopic (exact) mass is 274 g/mol. The Morgan fingerprint density at radius 3 is 2.60 bits per heavy atom. The molecular formula is C16H24N3O+. The summed E-state index contributed by atoms with van der Waals surface area (Å²) in [5, 5.41) is 9.63. The average Bonchev–Trinajstić information content (AvgIpc) is 2.48. The minimum atomic E-state index is 0.428. The van der Waals surface area contributed by atoms with E-state index in [4.69, 9.17) is 0 Å². The van der Waals surface area contributed by atoms with Crippen LogP contribution in [0.5, 0.6) is 0 Å². The predicted molar refractivity (Wildman–Crippen MR) is 81.5 cm³/mol. The molecule has 2 aliphatic heterocycles. The van der Waals surface area contributed by atoms with Crippen LogP contribution < -0.4 is 9.89 Å². The Labute approximate surface area is 120 Å². The molecule has 0 spiro atoms. The lowest BCUT2D eigenvalue weighted by molar-refractivity contribution is -0.475. The molecule has 2 N–H and O–H groups in total. The van der Waals surface area contributed by atoms with E-state index in [9.17, 15) is 5.11 Å². The number of aliphatic hydroxyl groups is 1. The molecule has 1 fully saturated rings. The van der Waals surface area contributed by atoms with Gasteiger partial charge in [-0.2, -0.15) is 0 Å². The summed E-state index contributed by atoms with van der Waals surface area (Å²) in [6, 6.07) is 9.24. The summed E-state index contributed by atoms with van der Waals surface area (Å²) in [4.78, 5) is 7.93. The van der Waals surface area contributed by atoms with Crippen LogP contribution >= 0.6 is 0 Å². The van der Waals surface area contributed by atoms with Crippen LogP contribution in [-0.2, 0) is 0 Å². The quantitative estimate of drug-likeness (QED) is 0.816. The van der Waals surface area contributed by atoms with Gasteiger partial charge >= 0.3 is 5.90 Å². The third-order valence-corrected chi connectivity index (χ3v) is 4.52. The number of hydrogen-bond acceptors (Lipinski definition) is 2. The molecule has 20 heavy (non-hydrogen) atoms. The molecule has 1 aromatic carbocycles. The van der Waals surface area contributed by atoms with Gasteiger partial charge in [-0.15, -0.1) is 0 Å². The third kappa shape index (κ3) is 2.80. The van der Waals surface area contributed by atoms with Crippen LogP contribution in [0.4, 0.5) is 5.69 Å². The largest absolute Gasteiger partial charge is 0.463 e. The van der Waals surface area contributed by atoms with Gasteiger partial charge in [-0.25, -0.2) is 4.99 Å². The third-order valence-electron chi connectivity index (χ3n) is 4.52. The van der Waals surface area contributed by atoms with Crippen LogP contribution in [0.2, 0.25) is 0 Å². The highest BCUT2D eigenvalue weighted by molar-refractivity contribution is 5.70. The first-order valence-electron chi connectivity index (χ1n) is 7.57. The zero-order valence-corrected chi connectivity index (χ0v) is 12.2. The van der Waals surface area contributed by atoms with Crippen molar-refractivity contribution in [3.63, 3.8) is 0 Å². The summed E-state index contributed by atoms with van der Waals surface area (Å²) in [6.45, 7) is 7.00. The summed E-state index contributed by atoms with van der Waals surface area (Å²) in [5.41, 5.74) is 2.74. The zero-order valence-electron chi connectivity index (χ0n) is 12.2. The Balaban J connectivity index is 1.60. The fraction of sp³-hybridized carbons (Fsp3) is 0.562. The van der Waals surface area contributed by atoms with Crippen molar-refractivity contribution in [3.8, 4) is 0 Å². The number of piperidine rings is 1. The highest BCUT2D eigenvalue weighted by Crippen LogP contribution is 2.25. The molecular weight excluding hydrogens is 250 g/mol. The van der Waals surface area contributed by atoms with Crippen LogP contribution in [0.15, 0.2) is 24.3 Å². The minimum absolute atomic E-state index is 0.428. The topological polar surface area (TPSA) is 40.7 Å². The predicted octanol–water partition coefficient (Wildman–Crippen LogP) is 0.317. The number of para-hydroxylation sites is 1. The van der Waals surface area contributed by atoms with E-state index in [1.165, 1.54) is 24.1 Å². The van der Waals surface area contributed by atoms with E-state index in [1.807, 2.05) is 0 Å². The van der Waals surface area contributed by atoms with E-state index in [-0.39, 0.29) is 0 Å². The van der Waals surface area contributed by atoms with Crippen molar-refractivity contribution in [1.29, 1.82) is 0 Å². The van der Waals surface area contributed by atoms with E-state index < -0.39 is 0 Å².